The van der Waals surface area contributed by atoms with Gasteiger partial charge >= 0.3 is 0 Å². The van der Waals surface area contributed by atoms with E-state index in [1.165, 1.54) is 15.6 Å². The maximum absolute atomic E-state index is 13.8. The largest absolute Gasteiger partial charge is 0.339 e. The van der Waals surface area contributed by atoms with Crippen molar-refractivity contribution in [3.05, 3.63) is 57.8 Å². The SMILES string of the molecule is Cc1cc2c(s1)c1c(n2C)C(=O)N(Cc2ccccc2F)C1. The molecule has 0 aliphatic carbocycles. The van der Waals surface area contributed by atoms with Crippen molar-refractivity contribution in [2.24, 2.45) is 7.05 Å². The molecule has 3 heterocycles. The minimum Gasteiger partial charge on any atom is -0.339 e. The molecule has 0 saturated carbocycles. The van der Waals surface area contributed by atoms with Gasteiger partial charge in [0.05, 0.1) is 16.8 Å². The van der Waals surface area contributed by atoms with E-state index in [-0.39, 0.29) is 11.7 Å². The molecule has 1 amide bonds. The second kappa shape index (κ2) is 4.68. The van der Waals surface area contributed by atoms with E-state index < -0.39 is 0 Å². The highest BCUT2D eigenvalue weighted by atomic mass is 32.1. The monoisotopic (exact) mass is 314 g/mol. The maximum Gasteiger partial charge on any atom is 0.271 e. The number of carbonyl (C=O) groups excluding carboxylic acids is 1. The van der Waals surface area contributed by atoms with Crippen molar-refractivity contribution in [1.29, 1.82) is 0 Å². The third kappa shape index (κ3) is 1.82. The minimum absolute atomic E-state index is 0.0122. The van der Waals surface area contributed by atoms with Gasteiger partial charge in [0, 0.05) is 29.6 Å². The number of benzene rings is 1. The summed E-state index contributed by atoms with van der Waals surface area (Å²) in [4.78, 5) is 15.6. The van der Waals surface area contributed by atoms with Gasteiger partial charge in [-0.2, -0.15) is 0 Å². The molecule has 0 N–H and O–H groups in total. The van der Waals surface area contributed by atoms with Gasteiger partial charge in [-0.15, -0.1) is 11.3 Å². The van der Waals surface area contributed by atoms with Gasteiger partial charge in [0.2, 0.25) is 0 Å². The molecule has 0 saturated heterocycles. The highest BCUT2D eigenvalue weighted by Gasteiger charge is 2.34. The zero-order chi connectivity index (χ0) is 15.4. The quantitative estimate of drug-likeness (QED) is 0.705. The average molecular weight is 314 g/mol. The lowest BCUT2D eigenvalue weighted by atomic mass is 10.2. The molecule has 112 valence electrons. The Morgan fingerprint density at radius 3 is 2.86 bits per heavy atom. The van der Waals surface area contributed by atoms with Crippen LogP contribution >= 0.6 is 11.3 Å². The molecule has 3 nitrogen and oxygen atoms in total. The summed E-state index contributed by atoms with van der Waals surface area (Å²) < 4.78 is 17.0. The summed E-state index contributed by atoms with van der Waals surface area (Å²) in [5.41, 5.74) is 3.50. The summed E-state index contributed by atoms with van der Waals surface area (Å²) in [6.07, 6.45) is 0. The first kappa shape index (κ1) is 13.5. The number of hydrogen-bond acceptors (Lipinski definition) is 2. The lowest BCUT2D eigenvalue weighted by Gasteiger charge is -2.16. The molecule has 0 spiro atoms. The van der Waals surface area contributed by atoms with E-state index >= 15 is 0 Å². The normalized spacial score (nSPS) is 14.1. The van der Waals surface area contributed by atoms with Crippen molar-refractivity contribution in [3.63, 3.8) is 0 Å². The molecule has 0 fully saturated rings. The second-order valence-corrected chi connectivity index (χ2v) is 6.97. The smallest absolute Gasteiger partial charge is 0.271 e. The lowest BCUT2D eigenvalue weighted by Crippen LogP contribution is -2.25. The minimum atomic E-state index is -0.261. The predicted octanol–water partition coefficient (Wildman–Crippen LogP) is 3.84. The van der Waals surface area contributed by atoms with Crippen LogP contribution in [0.15, 0.2) is 30.3 Å². The maximum atomic E-state index is 13.8. The van der Waals surface area contributed by atoms with Crippen molar-refractivity contribution in [2.75, 3.05) is 0 Å². The molecule has 4 rings (SSSR count). The van der Waals surface area contributed by atoms with E-state index in [2.05, 4.69) is 13.0 Å². The number of carbonyl (C=O) groups is 1. The van der Waals surface area contributed by atoms with Crippen molar-refractivity contribution in [1.82, 2.24) is 9.47 Å². The topological polar surface area (TPSA) is 25.2 Å². The molecule has 0 radical (unpaired) electrons. The number of halogens is 1. The van der Waals surface area contributed by atoms with E-state index in [1.54, 1.807) is 34.4 Å². The van der Waals surface area contributed by atoms with Crippen LogP contribution in [-0.2, 0) is 20.1 Å². The number of fused-ring (bicyclic) bond motifs is 3. The van der Waals surface area contributed by atoms with Gasteiger partial charge in [-0.1, -0.05) is 18.2 Å². The lowest BCUT2D eigenvalue weighted by molar-refractivity contribution is 0.0758. The van der Waals surface area contributed by atoms with Crippen LogP contribution in [0.2, 0.25) is 0 Å². The van der Waals surface area contributed by atoms with Crippen LogP contribution in [0, 0.1) is 12.7 Å². The Labute approximate surface area is 131 Å². The van der Waals surface area contributed by atoms with Crippen molar-refractivity contribution < 1.29 is 9.18 Å². The van der Waals surface area contributed by atoms with Gasteiger partial charge in [0.15, 0.2) is 0 Å². The first-order valence-corrected chi connectivity index (χ1v) is 7.98. The van der Waals surface area contributed by atoms with E-state index in [1.807, 2.05) is 11.6 Å². The summed E-state index contributed by atoms with van der Waals surface area (Å²) in [6.45, 7) is 2.94. The number of thiophene rings is 1. The number of nitrogens with zero attached hydrogens (tertiary/aromatic N) is 2. The fourth-order valence-electron chi connectivity index (χ4n) is 3.19. The number of aromatic nitrogens is 1. The Morgan fingerprint density at radius 1 is 1.32 bits per heavy atom. The van der Waals surface area contributed by atoms with Crippen molar-refractivity contribution >= 4 is 27.5 Å². The Kier molecular flexibility index (Phi) is 2.87. The summed E-state index contributed by atoms with van der Waals surface area (Å²) in [6, 6.07) is 8.75. The summed E-state index contributed by atoms with van der Waals surface area (Å²) in [7, 11) is 1.93. The van der Waals surface area contributed by atoms with E-state index in [4.69, 9.17) is 0 Å². The molecule has 0 atom stereocenters. The third-order valence-corrected chi connectivity index (χ3v) is 5.35. The third-order valence-electron chi connectivity index (χ3n) is 4.25. The second-order valence-electron chi connectivity index (χ2n) is 5.71. The van der Waals surface area contributed by atoms with Crippen LogP contribution in [0.25, 0.3) is 10.2 Å². The number of aryl methyl sites for hydroxylation is 2. The van der Waals surface area contributed by atoms with Gasteiger partial charge in [-0.25, -0.2) is 4.39 Å². The molecule has 1 aliphatic heterocycles. The number of rotatable bonds is 2. The van der Waals surface area contributed by atoms with Gasteiger partial charge in [-0.05, 0) is 19.1 Å². The van der Waals surface area contributed by atoms with Crippen LogP contribution < -0.4 is 0 Å². The van der Waals surface area contributed by atoms with Crippen LogP contribution in [0.5, 0.6) is 0 Å². The standard InChI is InChI=1S/C17H15FN2OS/c1-10-7-14-16(22-10)12-9-20(17(21)15(12)19(14)2)8-11-5-3-4-6-13(11)18/h3-7H,8-9H2,1-2H3. The average Bonchev–Trinajstić information content (AvgIpc) is 3.08. The molecule has 1 aliphatic rings. The first-order valence-electron chi connectivity index (χ1n) is 7.16. The summed E-state index contributed by atoms with van der Waals surface area (Å²) >= 11 is 1.72. The molecule has 22 heavy (non-hydrogen) atoms. The number of amides is 1. The molecule has 0 unspecified atom stereocenters. The van der Waals surface area contributed by atoms with Crippen molar-refractivity contribution in [2.45, 2.75) is 20.0 Å². The molecule has 5 heteroatoms. The Morgan fingerprint density at radius 2 is 2.09 bits per heavy atom. The Balaban J connectivity index is 1.73. The Hall–Kier alpha value is -2.14. The van der Waals surface area contributed by atoms with Crippen LogP contribution in [-0.4, -0.2) is 15.4 Å². The molecule has 2 aromatic heterocycles. The molecule has 0 bridgehead atoms. The van der Waals surface area contributed by atoms with Gasteiger partial charge < -0.3 is 9.47 Å². The van der Waals surface area contributed by atoms with E-state index in [0.29, 0.717) is 18.7 Å². The zero-order valence-corrected chi connectivity index (χ0v) is 13.2. The zero-order valence-electron chi connectivity index (χ0n) is 12.4. The molecular weight excluding hydrogens is 299 g/mol. The van der Waals surface area contributed by atoms with Crippen molar-refractivity contribution in [3.8, 4) is 0 Å². The van der Waals surface area contributed by atoms with Gasteiger partial charge in [-0.3, -0.25) is 4.79 Å². The molecular formula is C17H15FN2OS. The fourth-order valence-corrected chi connectivity index (χ4v) is 4.27. The molecule has 3 aromatic rings. The van der Waals surface area contributed by atoms with Crippen LogP contribution in [0.1, 0.15) is 26.5 Å². The van der Waals surface area contributed by atoms with Crippen LogP contribution in [0.4, 0.5) is 4.39 Å². The van der Waals surface area contributed by atoms with Crippen LogP contribution in [0.3, 0.4) is 0 Å². The highest BCUT2D eigenvalue weighted by molar-refractivity contribution is 7.19. The fraction of sp³-hybridized carbons (Fsp3) is 0.235. The first-order chi connectivity index (χ1) is 10.6. The Bertz CT molecular complexity index is 909. The molecule has 1 aromatic carbocycles. The van der Waals surface area contributed by atoms with Gasteiger partial charge in [0.25, 0.3) is 5.91 Å². The summed E-state index contributed by atoms with van der Waals surface area (Å²) in [5, 5.41) is 0. The predicted molar refractivity (Wildman–Crippen MR) is 85.5 cm³/mol. The van der Waals surface area contributed by atoms with Gasteiger partial charge in [0.1, 0.15) is 11.5 Å². The number of hydrogen-bond donors (Lipinski definition) is 0. The van der Waals surface area contributed by atoms with E-state index in [0.717, 1.165) is 16.8 Å². The van der Waals surface area contributed by atoms with E-state index in [9.17, 15) is 9.18 Å². The summed E-state index contributed by atoms with van der Waals surface area (Å²) in [5.74, 6) is -0.273. The highest BCUT2D eigenvalue weighted by Crippen LogP contribution is 2.38.